The summed E-state index contributed by atoms with van der Waals surface area (Å²) < 4.78 is 9.74. The van der Waals surface area contributed by atoms with Crippen molar-refractivity contribution in [2.24, 2.45) is 0 Å². The lowest BCUT2D eigenvalue weighted by Gasteiger charge is -2.13. The molecule has 0 aliphatic heterocycles. The van der Waals surface area contributed by atoms with E-state index in [9.17, 15) is 4.79 Å². The van der Waals surface area contributed by atoms with Crippen LogP contribution < -0.4 is 10.3 Å². The minimum atomic E-state index is -0.0958. The normalized spacial score (nSPS) is 11.2. The maximum absolute atomic E-state index is 12.6. The lowest BCUT2D eigenvalue weighted by Crippen LogP contribution is -2.15. The molecule has 35 heavy (non-hydrogen) atoms. The summed E-state index contributed by atoms with van der Waals surface area (Å²) in [5, 5.41) is 9.59. The fourth-order valence-corrected chi connectivity index (χ4v) is 4.82. The van der Waals surface area contributed by atoms with Gasteiger partial charge >= 0.3 is 0 Å². The van der Waals surface area contributed by atoms with Gasteiger partial charge in [-0.05, 0) is 55.7 Å². The van der Waals surface area contributed by atoms with Crippen LogP contribution in [0.25, 0.3) is 11.3 Å². The van der Waals surface area contributed by atoms with E-state index in [0.717, 1.165) is 28.1 Å². The molecule has 0 spiro atoms. The van der Waals surface area contributed by atoms with E-state index in [2.05, 4.69) is 15.2 Å². The molecule has 0 N–H and O–H groups in total. The highest BCUT2D eigenvalue weighted by Gasteiger charge is 2.17. The maximum atomic E-state index is 12.6. The van der Waals surface area contributed by atoms with Crippen molar-refractivity contribution >= 4 is 17.4 Å². The van der Waals surface area contributed by atoms with E-state index in [1.165, 1.54) is 11.8 Å². The number of nitrogens with zero attached hydrogens (tertiary/aromatic N) is 5. The number of rotatable bonds is 7. The van der Waals surface area contributed by atoms with Gasteiger partial charge in [0, 0.05) is 23.7 Å². The number of thioether (sulfide) groups is 1. The van der Waals surface area contributed by atoms with E-state index < -0.39 is 0 Å². The Morgan fingerprint density at radius 1 is 0.914 bits per heavy atom. The molecule has 3 aromatic heterocycles. The number of aromatic nitrogens is 5. The number of ether oxygens (including phenoxy) is 1. The van der Waals surface area contributed by atoms with Crippen molar-refractivity contribution in [3.05, 3.63) is 111 Å². The van der Waals surface area contributed by atoms with E-state index in [4.69, 9.17) is 4.74 Å². The van der Waals surface area contributed by atoms with Gasteiger partial charge in [0.15, 0.2) is 11.0 Å². The molecule has 7 nitrogen and oxygen atoms in total. The van der Waals surface area contributed by atoms with Crippen molar-refractivity contribution < 1.29 is 4.74 Å². The maximum Gasteiger partial charge on any atom is 0.258 e. The van der Waals surface area contributed by atoms with Crippen LogP contribution >= 0.6 is 11.8 Å². The summed E-state index contributed by atoms with van der Waals surface area (Å²) in [6, 6.07) is 21.4. The molecule has 8 heteroatoms. The number of hydrogen-bond donors (Lipinski definition) is 0. The van der Waals surface area contributed by atoms with E-state index in [-0.39, 0.29) is 12.2 Å². The summed E-state index contributed by atoms with van der Waals surface area (Å²) in [6.45, 7) is 6.30. The highest BCUT2D eigenvalue weighted by Crippen LogP contribution is 2.27. The average molecular weight is 484 g/mol. The minimum absolute atomic E-state index is 0.0958. The van der Waals surface area contributed by atoms with Crippen molar-refractivity contribution in [1.82, 2.24) is 24.1 Å². The Hall–Kier alpha value is -3.91. The molecule has 0 amide bonds. The molecule has 0 saturated carbocycles. The zero-order valence-electron chi connectivity index (χ0n) is 19.8. The van der Waals surface area contributed by atoms with Crippen LogP contribution in [0.4, 0.5) is 0 Å². The van der Waals surface area contributed by atoms with Crippen LogP contribution in [0.2, 0.25) is 0 Å². The van der Waals surface area contributed by atoms with E-state index in [1.54, 1.807) is 16.7 Å². The molecule has 0 radical (unpaired) electrons. The predicted octanol–water partition coefficient (Wildman–Crippen LogP) is 5.07. The van der Waals surface area contributed by atoms with Crippen LogP contribution in [0.5, 0.6) is 5.75 Å². The summed E-state index contributed by atoms with van der Waals surface area (Å²) in [7, 11) is 0. The van der Waals surface area contributed by atoms with Crippen molar-refractivity contribution in [1.29, 1.82) is 0 Å². The summed E-state index contributed by atoms with van der Waals surface area (Å²) in [6.07, 6.45) is 1.80. The standard InChI is InChI=1S/C27H25N5O2S/c1-18-12-13-23-28-21(14-25(33)31(23)15-18)17-35-27-30-29-24(32(27)22-10-5-4-6-11-22)16-34-26-19(2)8-7-9-20(26)3/h4-15H,16-17H2,1-3H3. The lowest BCUT2D eigenvalue weighted by molar-refractivity contribution is 0.289. The Labute approximate surface area is 207 Å². The van der Waals surface area contributed by atoms with Crippen LogP contribution in [-0.2, 0) is 12.4 Å². The summed E-state index contributed by atoms with van der Waals surface area (Å²) in [5.74, 6) is 2.05. The second-order valence-electron chi connectivity index (χ2n) is 8.39. The molecule has 176 valence electrons. The van der Waals surface area contributed by atoms with Crippen molar-refractivity contribution in [2.75, 3.05) is 0 Å². The van der Waals surface area contributed by atoms with Crippen LogP contribution in [0, 0.1) is 20.8 Å². The molecule has 5 rings (SSSR count). The van der Waals surface area contributed by atoms with Gasteiger partial charge in [0.2, 0.25) is 0 Å². The number of fused-ring (bicyclic) bond motifs is 1. The second kappa shape index (κ2) is 9.76. The van der Waals surface area contributed by atoms with Crippen molar-refractivity contribution in [3.63, 3.8) is 0 Å². The monoisotopic (exact) mass is 483 g/mol. The van der Waals surface area contributed by atoms with Crippen LogP contribution in [0.1, 0.15) is 28.2 Å². The topological polar surface area (TPSA) is 74.3 Å². The van der Waals surface area contributed by atoms with Crippen LogP contribution in [-0.4, -0.2) is 24.1 Å². The van der Waals surface area contributed by atoms with Gasteiger partial charge in [-0.25, -0.2) is 4.98 Å². The van der Waals surface area contributed by atoms with Crippen molar-refractivity contribution in [2.45, 2.75) is 38.3 Å². The smallest absolute Gasteiger partial charge is 0.258 e. The average Bonchev–Trinajstić information content (AvgIpc) is 3.26. The van der Waals surface area contributed by atoms with Crippen LogP contribution in [0.3, 0.4) is 0 Å². The summed E-state index contributed by atoms with van der Waals surface area (Å²) in [5.41, 5.74) is 5.34. The third kappa shape index (κ3) is 4.83. The quantitative estimate of drug-likeness (QED) is 0.301. The molecule has 3 heterocycles. The Morgan fingerprint density at radius 2 is 1.69 bits per heavy atom. The largest absolute Gasteiger partial charge is 0.485 e. The SMILES string of the molecule is Cc1ccc2nc(CSc3nnc(COc4c(C)cccc4C)n3-c3ccccc3)cc(=O)n2c1. The van der Waals surface area contributed by atoms with E-state index in [1.807, 2.05) is 86.0 Å². The van der Waals surface area contributed by atoms with Gasteiger partial charge in [-0.2, -0.15) is 0 Å². The molecular formula is C27H25N5O2S. The molecule has 0 bridgehead atoms. The van der Waals surface area contributed by atoms with Crippen LogP contribution in [0.15, 0.2) is 82.9 Å². The van der Waals surface area contributed by atoms with Gasteiger partial charge in [-0.15, -0.1) is 10.2 Å². The molecule has 0 fully saturated rings. The number of hydrogen-bond acceptors (Lipinski definition) is 6. The van der Waals surface area contributed by atoms with Gasteiger partial charge in [-0.3, -0.25) is 13.8 Å². The summed E-state index contributed by atoms with van der Waals surface area (Å²) >= 11 is 1.49. The first-order chi connectivity index (χ1) is 17.0. The third-order valence-corrected chi connectivity index (χ3v) is 6.64. The Morgan fingerprint density at radius 3 is 2.46 bits per heavy atom. The first kappa shape index (κ1) is 22.9. The van der Waals surface area contributed by atoms with Gasteiger partial charge in [0.05, 0.1) is 5.69 Å². The molecule has 0 saturated heterocycles. The first-order valence-electron chi connectivity index (χ1n) is 11.3. The molecule has 0 unspecified atom stereocenters. The fraction of sp³-hybridized carbons (Fsp3) is 0.185. The number of para-hydroxylation sites is 2. The Bertz CT molecular complexity index is 1540. The molecule has 0 atom stereocenters. The van der Waals surface area contributed by atoms with E-state index >= 15 is 0 Å². The third-order valence-electron chi connectivity index (χ3n) is 5.68. The highest BCUT2D eigenvalue weighted by molar-refractivity contribution is 7.98. The molecule has 2 aromatic carbocycles. The Kier molecular flexibility index (Phi) is 6.37. The molecule has 0 aliphatic rings. The number of pyridine rings is 1. The Balaban J connectivity index is 1.43. The lowest BCUT2D eigenvalue weighted by atomic mass is 10.1. The number of benzene rings is 2. The van der Waals surface area contributed by atoms with Gasteiger partial charge in [-0.1, -0.05) is 54.2 Å². The zero-order chi connectivity index (χ0) is 24.4. The fourth-order valence-electron chi connectivity index (χ4n) is 3.96. The summed E-state index contributed by atoms with van der Waals surface area (Å²) in [4.78, 5) is 17.3. The minimum Gasteiger partial charge on any atom is -0.485 e. The zero-order valence-corrected chi connectivity index (χ0v) is 20.6. The number of aryl methyl sites for hydroxylation is 3. The van der Waals surface area contributed by atoms with Crippen molar-refractivity contribution in [3.8, 4) is 11.4 Å². The van der Waals surface area contributed by atoms with Gasteiger partial charge in [0.1, 0.15) is 18.0 Å². The second-order valence-corrected chi connectivity index (χ2v) is 9.33. The van der Waals surface area contributed by atoms with Gasteiger partial charge in [0.25, 0.3) is 5.56 Å². The highest BCUT2D eigenvalue weighted by atomic mass is 32.2. The molecule has 0 aliphatic carbocycles. The van der Waals surface area contributed by atoms with E-state index in [0.29, 0.717) is 28.1 Å². The predicted molar refractivity (Wildman–Crippen MR) is 137 cm³/mol. The van der Waals surface area contributed by atoms with Gasteiger partial charge < -0.3 is 4.74 Å². The first-order valence-corrected chi connectivity index (χ1v) is 12.3. The molecular weight excluding hydrogens is 458 g/mol. The molecule has 5 aromatic rings.